The minimum absolute atomic E-state index is 0.0472. The molecule has 0 spiro atoms. The van der Waals surface area contributed by atoms with E-state index >= 15 is 0 Å². The zero-order valence-electron chi connectivity index (χ0n) is 7.88. The quantitative estimate of drug-likeness (QED) is 0.767. The molecule has 1 amide bonds. The van der Waals surface area contributed by atoms with Crippen LogP contribution in [0, 0.1) is 0 Å². The third-order valence-electron chi connectivity index (χ3n) is 2.15. The predicted molar refractivity (Wildman–Crippen MR) is 55.0 cm³/mol. The van der Waals surface area contributed by atoms with Crippen molar-refractivity contribution in [3.05, 3.63) is 0 Å². The minimum atomic E-state index is -0.197. The maximum atomic E-state index is 11.5. The molecule has 13 heavy (non-hydrogen) atoms. The van der Waals surface area contributed by atoms with Gasteiger partial charge in [-0.05, 0) is 26.2 Å². The molecule has 0 bridgehead atoms. The average Bonchev–Trinajstić information content (AvgIpc) is 2.55. The predicted octanol–water partition coefficient (Wildman–Crippen LogP) is 1.46. The van der Waals surface area contributed by atoms with Crippen LogP contribution in [0.15, 0.2) is 0 Å². The summed E-state index contributed by atoms with van der Waals surface area (Å²) in [6.45, 7) is 2.74. The maximum absolute atomic E-state index is 11.5. The number of nitrogens with one attached hydrogen (secondary N) is 1. The van der Waals surface area contributed by atoms with E-state index in [1.165, 1.54) is 0 Å². The van der Waals surface area contributed by atoms with E-state index in [0.717, 1.165) is 31.2 Å². The van der Waals surface area contributed by atoms with Gasteiger partial charge in [0.2, 0.25) is 5.91 Å². The van der Waals surface area contributed by atoms with Gasteiger partial charge in [-0.25, -0.2) is 0 Å². The number of rotatable bonds is 4. The third-order valence-corrected chi connectivity index (χ3v) is 2.61. The Balaban J connectivity index is 2.23. The van der Waals surface area contributed by atoms with Crippen LogP contribution in [0.2, 0.25) is 0 Å². The van der Waals surface area contributed by atoms with Crippen LogP contribution in [0.25, 0.3) is 0 Å². The lowest BCUT2D eigenvalue weighted by atomic mass is 10.2. The minimum Gasteiger partial charge on any atom is -0.368 e. The largest absolute Gasteiger partial charge is 0.368 e. The van der Waals surface area contributed by atoms with Crippen molar-refractivity contribution in [1.82, 2.24) is 5.32 Å². The van der Waals surface area contributed by atoms with E-state index in [0.29, 0.717) is 0 Å². The van der Waals surface area contributed by atoms with E-state index in [1.807, 2.05) is 6.92 Å². The van der Waals surface area contributed by atoms with Crippen molar-refractivity contribution < 1.29 is 9.53 Å². The normalized spacial score (nSPS) is 24.3. The molecule has 1 fully saturated rings. The van der Waals surface area contributed by atoms with Gasteiger partial charge >= 0.3 is 0 Å². The highest BCUT2D eigenvalue weighted by Gasteiger charge is 2.24. The fourth-order valence-electron chi connectivity index (χ4n) is 1.36. The molecule has 1 saturated heterocycles. The summed E-state index contributed by atoms with van der Waals surface area (Å²) >= 11 is 3.34. The summed E-state index contributed by atoms with van der Waals surface area (Å²) in [5.74, 6) is 0.0472. The molecular formula is C9H16BrNO2. The van der Waals surface area contributed by atoms with Crippen LogP contribution < -0.4 is 5.32 Å². The first kappa shape index (κ1) is 11.0. The number of carbonyl (C=O) groups excluding carboxylic acids is 1. The Bertz CT molecular complexity index is 169. The molecule has 0 aromatic rings. The molecule has 1 N–H and O–H groups in total. The number of ether oxygens (including phenoxy) is 1. The van der Waals surface area contributed by atoms with Crippen molar-refractivity contribution in [2.75, 3.05) is 11.9 Å². The zero-order chi connectivity index (χ0) is 9.68. The van der Waals surface area contributed by atoms with Crippen LogP contribution in [-0.4, -0.2) is 30.0 Å². The average molecular weight is 250 g/mol. The monoisotopic (exact) mass is 249 g/mol. The molecule has 4 heteroatoms. The smallest absolute Gasteiger partial charge is 0.249 e. The Kier molecular flexibility index (Phi) is 4.73. The Morgan fingerprint density at radius 2 is 2.54 bits per heavy atom. The number of amides is 1. The fraction of sp³-hybridized carbons (Fsp3) is 0.889. The number of halogens is 1. The Labute approximate surface area is 87.3 Å². The fourth-order valence-corrected chi connectivity index (χ4v) is 2.04. The molecule has 1 heterocycles. The number of carbonyl (C=O) groups is 1. The van der Waals surface area contributed by atoms with Crippen molar-refractivity contribution in [2.24, 2.45) is 0 Å². The molecule has 2 atom stereocenters. The molecular weight excluding hydrogens is 234 g/mol. The summed E-state index contributed by atoms with van der Waals surface area (Å²) < 4.78 is 5.27. The van der Waals surface area contributed by atoms with Gasteiger partial charge in [0.15, 0.2) is 0 Å². The van der Waals surface area contributed by atoms with Crippen molar-refractivity contribution in [2.45, 2.75) is 38.3 Å². The van der Waals surface area contributed by atoms with E-state index in [4.69, 9.17) is 4.74 Å². The van der Waals surface area contributed by atoms with Gasteiger partial charge in [-0.2, -0.15) is 0 Å². The lowest BCUT2D eigenvalue weighted by Crippen LogP contribution is -2.39. The molecule has 1 rings (SSSR count). The van der Waals surface area contributed by atoms with Crippen LogP contribution in [0.3, 0.4) is 0 Å². The molecule has 1 aliphatic heterocycles. The number of hydrogen-bond acceptors (Lipinski definition) is 2. The van der Waals surface area contributed by atoms with Gasteiger partial charge in [-0.3, -0.25) is 4.79 Å². The molecule has 0 aromatic carbocycles. The van der Waals surface area contributed by atoms with Crippen LogP contribution in [0.5, 0.6) is 0 Å². The standard InChI is InChI=1S/C9H16BrNO2/c1-7(4-5-10)11-9(12)8-3-2-6-13-8/h7-8H,2-6H2,1H3,(H,11,12). The van der Waals surface area contributed by atoms with Gasteiger partial charge < -0.3 is 10.1 Å². The van der Waals surface area contributed by atoms with Gasteiger partial charge in [0.25, 0.3) is 0 Å². The first-order chi connectivity index (χ1) is 6.24. The van der Waals surface area contributed by atoms with Crippen molar-refractivity contribution >= 4 is 21.8 Å². The van der Waals surface area contributed by atoms with Gasteiger partial charge in [-0.1, -0.05) is 15.9 Å². The highest BCUT2D eigenvalue weighted by Crippen LogP contribution is 2.12. The van der Waals surface area contributed by atoms with E-state index < -0.39 is 0 Å². The van der Waals surface area contributed by atoms with Crippen molar-refractivity contribution in [3.63, 3.8) is 0 Å². The lowest BCUT2D eigenvalue weighted by Gasteiger charge is -2.15. The third kappa shape index (κ3) is 3.65. The highest BCUT2D eigenvalue weighted by atomic mass is 79.9. The number of hydrogen-bond donors (Lipinski definition) is 1. The first-order valence-electron chi connectivity index (χ1n) is 4.72. The van der Waals surface area contributed by atoms with E-state index in [9.17, 15) is 4.79 Å². The Morgan fingerprint density at radius 3 is 3.08 bits per heavy atom. The van der Waals surface area contributed by atoms with Crippen molar-refractivity contribution in [1.29, 1.82) is 0 Å². The summed E-state index contributed by atoms with van der Waals surface area (Å²) in [5.41, 5.74) is 0. The molecule has 3 nitrogen and oxygen atoms in total. The second-order valence-electron chi connectivity index (χ2n) is 3.39. The topological polar surface area (TPSA) is 38.3 Å². The number of alkyl halides is 1. The molecule has 0 aliphatic carbocycles. The highest BCUT2D eigenvalue weighted by molar-refractivity contribution is 9.09. The van der Waals surface area contributed by atoms with Crippen LogP contribution in [-0.2, 0) is 9.53 Å². The van der Waals surface area contributed by atoms with Gasteiger partial charge in [-0.15, -0.1) is 0 Å². The van der Waals surface area contributed by atoms with Crippen LogP contribution >= 0.6 is 15.9 Å². The van der Waals surface area contributed by atoms with Gasteiger partial charge in [0.1, 0.15) is 6.10 Å². The summed E-state index contributed by atoms with van der Waals surface area (Å²) in [6, 6.07) is 0.232. The molecule has 0 radical (unpaired) electrons. The summed E-state index contributed by atoms with van der Waals surface area (Å²) in [4.78, 5) is 11.5. The summed E-state index contributed by atoms with van der Waals surface area (Å²) in [5, 5.41) is 3.85. The lowest BCUT2D eigenvalue weighted by molar-refractivity contribution is -0.130. The van der Waals surface area contributed by atoms with E-state index in [1.54, 1.807) is 0 Å². The van der Waals surface area contributed by atoms with E-state index in [-0.39, 0.29) is 18.1 Å². The SMILES string of the molecule is CC(CCBr)NC(=O)C1CCCO1. The second kappa shape index (κ2) is 5.60. The molecule has 2 unspecified atom stereocenters. The van der Waals surface area contributed by atoms with Gasteiger partial charge in [0.05, 0.1) is 0 Å². The Morgan fingerprint density at radius 1 is 1.77 bits per heavy atom. The summed E-state index contributed by atoms with van der Waals surface area (Å²) in [7, 11) is 0. The van der Waals surface area contributed by atoms with Crippen LogP contribution in [0.4, 0.5) is 0 Å². The van der Waals surface area contributed by atoms with E-state index in [2.05, 4.69) is 21.2 Å². The molecule has 0 aromatic heterocycles. The zero-order valence-corrected chi connectivity index (χ0v) is 9.47. The molecule has 1 aliphatic rings. The first-order valence-corrected chi connectivity index (χ1v) is 5.84. The maximum Gasteiger partial charge on any atom is 0.249 e. The van der Waals surface area contributed by atoms with Crippen molar-refractivity contribution in [3.8, 4) is 0 Å². The second-order valence-corrected chi connectivity index (χ2v) is 4.18. The van der Waals surface area contributed by atoms with Gasteiger partial charge in [0, 0.05) is 18.0 Å². The molecule has 76 valence electrons. The molecule has 0 saturated carbocycles. The Hall–Kier alpha value is -0.0900. The summed E-state index contributed by atoms with van der Waals surface area (Å²) in [6.07, 6.45) is 2.63. The van der Waals surface area contributed by atoms with Crippen LogP contribution in [0.1, 0.15) is 26.2 Å².